The molecule has 0 atom stereocenters. The van der Waals surface area contributed by atoms with Crippen LogP contribution in [0, 0.1) is 0 Å². The van der Waals surface area contributed by atoms with Crippen LogP contribution in [0.15, 0.2) is 168 Å². The van der Waals surface area contributed by atoms with Gasteiger partial charge in [0.15, 0.2) is 0 Å². The van der Waals surface area contributed by atoms with Crippen LogP contribution in [0.2, 0.25) is 0 Å². The van der Waals surface area contributed by atoms with Gasteiger partial charge in [-0.25, -0.2) is 9.97 Å². The summed E-state index contributed by atoms with van der Waals surface area (Å²) in [7, 11) is 0. The number of furan rings is 1. The van der Waals surface area contributed by atoms with Crippen molar-refractivity contribution < 1.29 is 4.42 Å². The first-order valence-corrected chi connectivity index (χ1v) is 16.9. The molecule has 0 radical (unpaired) electrons. The lowest BCUT2D eigenvalue weighted by Crippen LogP contribution is -2.03. The Morgan fingerprint density at radius 1 is 0.440 bits per heavy atom. The van der Waals surface area contributed by atoms with Crippen molar-refractivity contribution in [3.8, 4) is 28.3 Å². The first-order chi connectivity index (χ1) is 24.8. The van der Waals surface area contributed by atoms with Crippen molar-refractivity contribution in [3.05, 3.63) is 164 Å². The highest BCUT2D eigenvalue weighted by Crippen LogP contribution is 2.46. The summed E-state index contributed by atoms with van der Waals surface area (Å²) in [6.07, 6.45) is 0. The average Bonchev–Trinajstić information content (AvgIpc) is 3.74. The lowest BCUT2D eigenvalue weighted by Gasteiger charge is -2.13. The van der Waals surface area contributed by atoms with Gasteiger partial charge >= 0.3 is 0 Å². The van der Waals surface area contributed by atoms with Gasteiger partial charge in [0.05, 0.1) is 22.2 Å². The molecule has 0 aliphatic rings. The van der Waals surface area contributed by atoms with E-state index in [1.54, 1.807) is 0 Å². The van der Waals surface area contributed by atoms with E-state index < -0.39 is 0 Å². The molecule has 0 spiro atoms. The lowest BCUT2D eigenvalue weighted by molar-refractivity contribution is 0.673. The van der Waals surface area contributed by atoms with E-state index in [2.05, 4.69) is 162 Å². The lowest BCUT2D eigenvalue weighted by atomic mass is 9.98. The largest absolute Gasteiger partial charge is 0.455 e. The fourth-order valence-electron chi connectivity index (χ4n) is 7.91. The van der Waals surface area contributed by atoms with Crippen LogP contribution in [0.5, 0.6) is 0 Å². The second-order valence-electron chi connectivity index (χ2n) is 13.0. The van der Waals surface area contributed by atoms with E-state index in [0.717, 1.165) is 76.7 Å². The van der Waals surface area contributed by atoms with Gasteiger partial charge in [0.25, 0.3) is 0 Å². The quantitative estimate of drug-likeness (QED) is 0.194. The van der Waals surface area contributed by atoms with Gasteiger partial charge in [-0.2, -0.15) is 0 Å². The number of fused-ring (bicyclic) bond motifs is 12. The van der Waals surface area contributed by atoms with E-state index in [9.17, 15) is 0 Å². The Bertz CT molecular complexity index is 3150. The Morgan fingerprint density at radius 3 is 1.92 bits per heavy atom. The van der Waals surface area contributed by atoms with Gasteiger partial charge in [-0.3, -0.25) is 4.57 Å². The van der Waals surface area contributed by atoms with Gasteiger partial charge in [0.1, 0.15) is 11.2 Å². The van der Waals surface area contributed by atoms with E-state index in [-0.39, 0.29) is 0 Å². The van der Waals surface area contributed by atoms with Gasteiger partial charge in [-0.1, -0.05) is 133 Å². The highest BCUT2D eigenvalue weighted by Gasteiger charge is 2.24. The molecule has 0 fully saturated rings. The third-order valence-electron chi connectivity index (χ3n) is 10.2. The third-order valence-corrected chi connectivity index (χ3v) is 10.2. The molecule has 0 saturated carbocycles. The second kappa shape index (κ2) is 10.4. The minimum Gasteiger partial charge on any atom is -0.455 e. The SMILES string of the molecule is c1ccc(-c2ccc3cc(-c4nc(-n5c6ccccc6c6c7c8ccccc8oc7c7ccccc7c65)nc5ccccc45)ccc3c2)cc1. The molecule has 0 aliphatic carbocycles. The van der Waals surface area contributed by atoms with Gasteiger partial charge in [0, 0.05) is 43.3 Å². The molecular formula is C46H27N3O. The number of hydrogen-bond donors (Lipinski definition) is 0. The maximum Gasteiger partial charge on any atom is 0.235 e. The molecule has 3 heterocycles. The van der Waals surface area contributed by atoms with Crippen molar-refractivity contribution in [1.29, 1.82) is 0 Å². The van der Waals surface area contributed by atoms with Crippen molar-refractivity contribution >= 4 is 76.2 Å². The first kappa shape index (κ1) is 27.2. The van der Waals surface area contributed by atoms with E-state index in [1.807, 2.05) is 6.07 Å². The summed E-state index contributed by atoms with van der Waals surface area (Å²) in [4.78, 5) is 10.7. The van der Waals surface area contributed by atoms with E-state index >= 15 is 0 Å². The number of rotatable bonds is 3. The van der Waals surface area contributed by atoms with Crippen molar-refractivity contribution in [2.75, 3.05) is 0 Å². The molecule has 4 heteroatoms. The molecule has 0 amide bonds. The summed E-state index contributed by atoms with van der Waals surface area (Å²) in [6, 6.07) is 57.7. The fourth-order valence-corrected chi connectivity index (χ4v) is 7.91. The second-order valence-corrected chi connectivity index (χ2v) is 13.0. The number of hydrogen-bond acceptors (Lipinski definition) is 3. The molecule has 11 rings (SSSR count). The Hall–Kier alpha value is -6.78. The predicted octanol–water partition coefficient (Wildman–Crippen LogP) is 12.3. The van der Waals surface area contributed by atoms with Crippen LogP contribution in [0.4, 0.5) is 0 Å². The molecule has 11 aromatic rings. The van der Waals surface area contributed by atoms with Gasteiger partial charge in [0.2, 0.25) is 5.95 Å². The zero-order valence-corrected chi connectivity index (χ0v) is 26.8. The number of para-hydroxylation sites is 3. The molecule has 8 aromatic carbocycles. The Kier molecular flexibility index (Phi) is 5.63. The van der Waals surface area contributed by atoms with Crippen LogP contribution < -0.4 is 0 Å². The Balaban J connectivity index is 1.22. The zero-order chi connectivity index (χ0) is 32.8. The van der Waals surface area contributed by atoms with Gasteiger partial charge in [-0.15, -0.1) is 0 Å². The van der Waals surface area contributed by atoms with Crippen molar-refractivity contribution in [2.45, 2.75) is 0 Å². The summed E-state index contributed by atoms with van der Waals surface area (Å²) in [5.41, 5.74) is 9.20. The first-order valence-electron chi connectivity index (χ1n) is 16.9. The maximum absolute atomic E-state index is 6.60. The fraction of sp³-hybridized carbons (Fsp3) is 0. The van der Waals surface area contributed by atoms with Crippen LogP contribution in [0.1, 0.15) is 0 Å². The molecule has 0 bridgehead atoms. The summed E-state index contributed by atoms with van der Waals surface area (Å²) in [6.45, 7) is 0. The summed E-state index contributed by atoms with van der Waals surface area (Å²) >= 11 is 0. The van der Waals surface area contributed by atoms with E-state index in [4.69, 9.17) is 14.4 Å². The predicted molar refractivity (Wildman–Crippen MR) is 207 cm³/mol. The van der Waals surface area contributed by atoms with Crippen LogP contribution in [0.3, 0.4) is 0 Å². The summed E-state index contributed by atoms with van der Waals surface area (Å²) in [5.74, 6) is 0.640. The molecule has 4 nitrogen and oxygen atoms in total. The molecule has 232 valence electrons. The monoisotopic (exact) mass is 637 g/mol. The van der Waals surface area contributed by atoms with Gasteiger partial charge in [-0.05, 0) is 52.2 Å². The maximum atomic E-state index is 6.60. The average molecular weight is 638 g/mol. The van der Waals surface area contributed by atoms with Crippen LogP contribution in [-0.4, -0.2) is 14.5 Å². The zero-order valence-electron chi connectivity index (χ0n) is 26.8. The minimum atomic E-state index is 0.640. The summed E-state index contributed by atoms with van der Waals surface area (Å²) < 4.78 is 8.86. The van der Waals surface area contributed by atoms with Crippen LogP contribution in [0.25, 0.3) is 105 Å². The Morgan fingerprint density at radius 2 is 1.08 bits per heavy atom. The minimum absolute atomic E-state index is 0.640. The summed E-state index contributed by atoms with van der Waals surface area (Å²) in [5, 5.41) is 10.1. The molecule has 0 aliphatic heterocycles. The highest BCUT2D eigenvalue weighted by atomic mass is 16.3. The van der Waals surface area contributed by atoms with Crippen molar-refractivity contribution in [1.82, 2.24) is 14.5 Å². The smallest absolute Gasteiger partial charge is 0.235 e. The number of nitrogens with zero attached hydrogens (tertiary/aromatic N) is 3. The molecular weight excluding hydrogens is 611 g/mol. The number of benzene rings is 8. The topological polar surface area (TPSA) is 43.9 Å². The van der Waals surface area contributed by atoms with Crippen molar-refractivity contribution in [2.24, 2.45) is 0 Å². The standard InChI is InChI=1S/C46H27N3O/c1-2-12-28(13-3-1)29-22-23-31-27-32(25-24-30(31)26-29)43-35-16-6-9-19-38(35)47-46(48-43)49-39-20-10-7-17-36(39)41-42-37-18-8-11-21-40(37)50-45(42)34-15-5-4-14-33(34)44(41)49/h1-27H. The molecule has 0 N–H and O–H groups in total. The third kappa shape index (κ3) is 3.87. The molecule has 3 aromatic heterocycles. The highest BCUT2D eigenvalue weighted by molar-refractivity contribution is 6.35. The van der Waals surface area contributed by atoms with E-state index in [0.29, 0.717) is 5.95 Å². The normalized spacial score (nSPS) is 12.0. The van der Waals surface area contributed by atoms with Crippen LogP contribution >= 0.6 is 0 Å². The molecule has 0 unspecified atom stereocenters. The molecule has 50 heavy (non-hydrogen) atoms. The van der Waals surface area contributed by atoms with E-state index in [1.165, 1.54) is 21.9 Å². The van der Waals surface area contributed by atoms with Crippen molar-refractivity contribution in [3.63, 3.8) is 0 Å². The molecule has 0 saturated heterocycles. The number of aromatic nitrogens is 3. The van der Waals surface area contributed by atoms with Gasteiger partial charge < -0.3 is 4.42 Å². The Labute approximate surface area is 286 Å². The van der Waals surface area contributed by atoms with Crippen LogP contribution in [-0.2, 0) is 0 Å².